The van der Waals surface area contributed by atoms with E-state index in [0.717, 1.165) is 9.90 Å². The molecule has 0 saturated heterocycles. The van der Waals surface area contributed by atoms with Crippen LogP contribution >= 0.6 is 34.7 Å². The average molecular weight is 324 g/mol. The van der Waals surface area contributed by atoms with Gasteiger partial charge in [-0.2, -0.15) is 0 Å². The van der Waals surface area contributed by atoms with E-state index in [1.165, 1.54) is 0 Å². The molecule has 20 heavy (non-hydrogen) atoms. The van der Waals surface area contributed by atoms with E-state index in [9.17, 15) is 0 Å². The molecule has 2 heterocycles. The second-order valence-corrected chi connectivity index (χ2v) is 6.93. The maximum absolute atomic E-state index is 5.96. The fourth-order valence-electron chi connectivity index (χ4n) is 1.61. The molecule has 1 atom stereocenters. The van der Waals surface area contributed by atoms with Crippen LogP contribution in [0.15, 0.2) is 44.6 Å². The number of hydrogen-bond donors (Lipinski definition) is 0. The Labute approximate surface area is 129 Å². The minimum absolute atomic E-state index is 0.0570. The van der Waals surface area contributed by atoms with Gasteiger partial charge in [0.25, 0.3) is 0 Å². The maximum atomic E-state index is 5.96. The standard InChI is InChI=1S/C13H10ClN3OS2/c1-8(20-13-15-5-6-19-13)11-16-17-12(18-11)9-3-2-4-10(14)7-9/h2-8H,1H3/t8-/m1/s1. The molecule has 2 aromatic heterocycles. The number of hydrogen-bond acceptors (Lipinski definition) is 6. The molecule has 0 N–H and O–H groups in total. The first-order valence-electron chi connectivity index (χ1n) is 5.88. The van der Waals surface area contributed by atoms with Crippen molar-refractivity contribution >= 4 is 34.7 Å². The number of aromatic nitrogens is 3. The number of rotatable bonds is 4. The molecule has 0 saturated carbocycles. The van der Waals surface area contributed by atoms with Gasteiger partial charge in [-0.3, -0.25) is 0 Å². The summed E-state index contributed by atoms with van der Waals surface area (Å²) in [4.78, 5) is 4.23. The predicted molar refractivity (Wildman–Crippen MR) is 81.1 cm³/mol. The zero-order valence-corrected chi connectivity index (χ0v) is 12.9. The van der Waals surface area contributed by atoms with E-state index in [1.54, 1.807) is 35.4 Å². The van der Waals surface area contributed by atoms with E-state index in [4.69, 9.17) is 16.0 Å². The third-order valence-corrected chi connectivity index (χ3v) is 4.79. The Morgan fingerprint density at radius 3 is 3.00 bits per heavy atom. The highest BCUT2D eigenvalue weighted by atomic mass is 35.5. The smallest absolute Gasteiger partial charge is 0.247 e. The van der Waals surface area contributed by atoms with Gasteiger partial charge in [-0.25, -0.2) is 4.98 Å². The van der Waals surface area contributed by atoms with Crippen molar-refractivity contribution < 1.29 is 4.42 Å². The van der Waals surface area contributed by atoms with Crippen LogP contribution in [0.2, 0.25) is 5.02 Å². The van der Waals surface area contributed by atoms with Crippen LogP contribution in [0.5, 0.6) is 0 Å². The molecule has 3 rings (SSSR count). The summed E-state index contributed by atoms with van der Waals surface area (Å²) in [7, 11) is 0. The fourth-order valence-corrected chi connectivity index (χ4v) is 3.60. The molecule has 1 aromatic carbocycles. The van der Waals surface area contributed by atoms with Crippen molar-refractivity contribution in [1.82, 2.24) is 15.2 Å². The molecule has 0 aliphatic carbocycles. The Kier molecular flexibility index (Phi) is 4.05. The molecule has 0 fully saturated rings. The molecule has 0 radical (unpaired) electrons. The van der Waals surface area contributed by atoms with E-state index in [-0.39, 0.29) is 5.25 Å². The first-order valence-corrected chi connectivity index (χ1v) is 8.01. The normalized spacial score (nSPS) is 12.5. The van der Waals surface area contributed by atoms with Crippen LogP contribution in [0.1, 0.15) is 18.1 Å². The van der Waals surface area contributed by atoms with Crippen LogP contribution in [0.25, 0.3) is 11.5 Å². The van der Waals surface area contributed by atoms with E-state index in [0.29, 0.717) is 16.8 Å². The molecule has 0 amide bonds. The molecule has 3 aromatic rings. The average Bonchev–Trinajstić information content (AvgIpc) is 3.09. The van der Waals surface area contributed by atoms with Gasteiger partial charge in [0.1, 0.15) is 0 Å². The first-order chi connectivity index (χ1) is 9.72. The summed E-state index contributed by atoms with van der Waals surface area (Å²) in [6.07, 6.45) is 1.78. The summed E-state index contributed by atoms with van der Waals surface area (Å²) in [5.41, 5.74) is 0.822. The minimum atomic E-state index is 0.0570. The summed E-state index contributed by atoms with van der Waals surface area (Å²) in [5.74, 6) is 1.06. The molecule has 7 heteroatoms. The summed E-state index contributed by atoms with van der Waals surface area (Å²) >= 11 is 9.15. The molecule has 0 aliphatic rings. The molecule has 0 bridgehead atoms. The van der Waals surface area contributed by atoms with Gasteiger partial charge in [0.2, 0.25) is 11.8 Å². The van der Waals surface area contributed by atoms with Gasteiger partial charge >= 0.3 is 0 Å². The van der Waals surface area contributed by atoms with Gasteiger partial charge in [0.15, 0.2) is 4.34 Å². The van der Waals surface area contributed by atoms with E-state index < -0.39 is 0 Å². The van der Waals surface area contributed by atoms with Crippen molar-refractivity contribution in [2.24, 2.45) is 0 Å². The monoisotopic (exact) mass is 323 g/mol. The van der Waals surface area contributed by atoms with Gasteiger partial charge in [0, 0.05) is 22.2 Å². The van der Waals surface area contributed by atoms with Crippen LogP contribution in [0.3, 0.4) is 0 Å². The Morgan fingerprint density at radius 2 is 2.25 bits per heavy atom. The van der Waals surface area contributed by atoms with Gasteiger partial charge in [0.05, 0.1) is 5.25 Å². The summed E-state index contributed by atoms with van der Waals surface area (Å²) in [5, 5.41) is 10.8. The third-order valence-electron chi connectivity index (χ3n) is 2.55. The topological polar surface area (TPSA) is 51.8 Å². The number of thioether (sulfide) groups is 1. The highest BCUT2D eigenvalue weighted by Crippen LogP contribution is 2.36. The highest BCUT2D eigenvalue weighted by molar-refractivity contribution is 8.01. The van der Waals surface area contributed by atoms with Gasteiger partial charge in [-0.05, 0) is 25.1 Å². The number of thiazole rings is 1. The van der Waals surface area contributed by atoms with Crippen molar-refractivity contribution in [2.75, 3.05) is 0 Å². The van der Waals surface area contributed by atoms with Crippen molar-refractivity contribution in [3.8, 4) is 11.5 Å². The third kappa shape index (κ3) is 3.03. The predicted octanol–water partition coefficient (Wildman–Crippen LogP) is 4.70. The summed E-state index contributed by atoms with van der Waals surface area (Å²) in [6, 6.07) is 7.36. The Hall–Kier alpha value is -1.37. The molecular formula is C13H10ClN3OS2. The number of halogens is 1. The van der Waals surface area contributed by atoms with Crippen LogP contribution < -0.4 is 0 Å². The lowest BCUT2D eigenvalue weighted by atomic mass is 10.2. The molecule has 4 nitrogen and oxygen atoms in total. The van der Waals surface area contributed by atoms with Crippen LogP contribution in [-0.4, -0.2) is 15.2 Å². The van der Waals surface area contributed by atoms with Crippen molar-refractivity contribution in [2.45, 2.75) is 16.5 Å². The van der Waals surface area contributed by atoms with Crippen LogP contribution in [-0.2, 0) is 0 Å². The Morgan fingerprint density at radius 1 is 1.35 bits per heavy atom. The van der Waals surface area contributed by atoms with Gasteiger partial charge < -0.3 is 4.42 Å². The molecule has 102 valence electrons. The largest absolute Gasteiger partial charge is 0.419 e. The summed E-state index contributed by atoms with van der Waals surface area (Å²) < 4.78 is 6.70. The minimum Gasteiger partial charge on any atom is -0.419 e. The van der Waals surface area contributed by atoms with E-state index >= 15 is 0 Å². The van der Waals surface area contributed by atoms with E-state index in [1.807, 2.05) is 30.5 Å². The molecule has 0 unspecified atom stereocenters. The molecule has 0 spiro atoms. The van der Waals surface area contributed by atoms with Crippen LogP contribution in [0, 0.1) is 0 Å². The van der Waals surface area contributed by atoms with Crippen LogP contribution in [0.4, 0.5) is 0 Å². The lowest BCUT2D eigenvalue weighted by Crippen LogP contribution is -1.87. The zero-order valence-electron chi connectivity index (χ0n) is 10.5. The molecule has 0 aliphatic heterocycles. The SMILES string of the molecule is C[C@@H](Sc1nccs1)c1nnc(-c2cccc(Cl)c2)o1. The molecular weight excluding hydrogens is 314 g/mol. The van der Waals surface area contributed by atoms with Gasteiger partial charge in [-0.15, -0.1) is 21.5 Å². The van der Waals surface area contributed by atoms with E-state index in [2.05, 4.69) is 15.2 Å². The fraction of sp³-hybridized carbons (Fsp3) is 0.154. The maximum Gasteiger partial charge on any atom is 0.247 e. The summed E-state index contributed by atoms with van der Waals surface area (Å²) in [6.45, 7) is 2.02. The lowest BCUT2D eigenvalue weighted by molar-refractivity contribution is 0.509. The van der Waals surface area contributed by atoms with Crippen molar-refractivity contribution in [1.29, 1.82) is 0 Å². The zero-order chi connectivity index (χ0) is 13.9. The highest BCUT2D eigenvalue weighted by Gasteiger charge is 2.17. The Bertz CT molecular complexity index is 699. The quantitative estimate of drug-likeness (QED) is 0.651. The second-order valence-electron chi connectivity index (χ2n) is 4.01. The number of nitrogens with zero attached hydrogens (tertiary/aromatic N) is 3. The van der Waals surface area contributed by atoms with Gasteiger partial charge in [-0.1, -0.05) is 29.4 Å². The lowest BCUT2D eigenvalue weighted by Gasteiger charge is -2.02. The first kappa shape index (κ1) is 13.6. The Balaban J connectivity index is 1.79. The van der Waals surface area contributed by atoms with Crippen molar-refractivity contribution in [3.05, 3.63) is 46.8 Å². The second kappa shape index (κ2) is 5.95. The van der Waals surface area contributed by atoms with Crippen molar-refractivity contribution in [3.63, 3.8) is 0 Å². The number of benzene rings is 1.